The first-order valence-electron chi connectivity index (χ1n) is 6.68. The highest BCUT2D eigenvalue weighted by Crippen LogP contribution is 2.60. The van der Waals surface area contributed by atoms with Gasteiger partial charge in [0.25, 0.3) is 0 Å². The fraction of sp³-hybridized carbons (Fsp3) is 0.769. The molecule has 1 aromatic heterocycles. The van der Waals surface area contributed by atoms with Crippen molar-refractivity contribution in [2.75, 3.05) is 5.73 Å². The smallest absolute Gasteiger partial charge is 0.223 e. The van der Waals surface area contributed by atoms with Gasteiger partial charge in [0.05, 0.1) is 0 Å². The molecule has 1 heterocycles. The molecular formula is C13H18N4. The summed E-state index contributed by atoms with van der Waals surface area (Å²) >= 11 is 0. The van der Waals surface area contributed by atoms with Crippen molar-refractivity contribution < 1.29 is 0 Å². The Bertz CT molecular complexity index is 421. The molecule has 0 unspecified atom stereocenters. The van der Waals surface area contributed by atoms with Gasteiger partial charge < -0.3 is 5.73 Å². The van der Waals surface area contributed by atoms with Crippen molar-refractivity contribution >= 4 is 5.95 Å². The van der Waals surface area contributed by atoms with E-state index in [1.807, 2.05) is 0 Å². The van der Waals surface area contributed by atoms with E-state index < -0.39 is 0 Å². The lowest BCUT2D eigenvalue weighted by Gasteiger charge is -2.55. The number of rotatable bonds is 1. The van der Waals surface area contributed by atoms with Gasteiger partial charge in [-0.25, -0.2) is 9.97 Å². The summed E-state index contributed by atoms with van der Waals surface area (Å²) in [4.78, 5) is 12.8. The fourth-order valence-electron chi connectivity index (χ4n) is 4.95. The van der Waals surface area contributed by atoms with E-state index in [1.54, 1.807) is 6.33 Å². The van der Waals surface area contributed by atoms with Gasteiger partial charge in [-0.2, -0.15) is 4.98 Å². The molecule has 0 aliphatic heterocycles. The van der Waals surface area contributed by atoms with Gasteiger partial charge in [0.1, 0.15) is 12.2 Å². The van der Waals surface area contributed by atoms with Gasteiger partial charge in [-0.15, -0.1) is 0 Å². The van der Waals surface area contributed by atoms with E-state index in [0.29, 0.717) is 5.95 Å². The van der Waals surface area contributed by atoms with Crippen LogP contribution in [0.1, 0.15) is 44.3 Å². The predicted octanol–water partition coefficient (Wildman–Crippen LogP) is 1.92. The van der Waals surface area contributed by atoms with E-state index >= 15 is 0 Å². The molecule has 90 valence electrons. The Morgan fingerprint density at radius 2 is 1.59 bits per heavy atom. The van der Waals surface area contributed by atoms with E-state index in [9.17, 15) is 0 Å². The first-order valence-corrected chi connectivity index (χ1v) is 6.68. The lowest BCUT2D eigenvalue weighted by molar-refractivity contribution is -0.00942. The maximum atomic E-state index is 5.72. The van der Waals surface area contributed by atoms with E-state index in [0.717, 1.165) is 23.6 Å². The molecule has 4 saturated carbocycles. The van der Waals surface area contributed by atoms with Gasteiger partial charge in [0.2, 0.25) is 5.95 Å². The minimum Gasteiger partial charge on any atom is -0.368 e. The molecule has 2 N–H and O–H groups in total. The van der Waals surface area contributed by atoms with Crippen LogP contribution in [-0.2, 0) is 5.41 Å². The van der Waals surface area contributed by atoms with E-state index in [1.165, 1.54) is 38.5 Å². The van der Waals surface area contributed by atoms with Crippen LogP contribution in [0.4, 0.5) is 5.95 Å². The molecule has 0 radical (unpaired) electrons. The molecule has 4 heteroatoms. The summed E-state index contributed by atoms with van der Waals surface area (Å²) in [5.41, 5.74) is 5.96. The van der Waals surface area contributed by atoms with Gasteiger partial charge in [0.15, 0.2) is 0 Å². The Morgan fingerprint density at radius 3 is 2.12 bits per heavy atom. The van der Waals surface area contributed by atoms with E-state index in [4.69, 9.17) is 5.73 Å². The molecule has 5 rings (SSSR count). The minimum atomic E-state index is 0.242. The average Bonchev–Trinajstić information content (AvgIpc) is 2.27. The van der Waals surface area contributed by atoms with Gasteiger partial charge >= 0.3 is 0 Å². The number of nitrogens with two attached hydrogens (primary N) is 1. The monoisotopic (exact) mass is 230 g/mol. The van der Waals surface area contributed by atoms with Gasteiger partial charge in [-0.1, -0.05) is 0 Å². The SMILES string of the molecule is Nc1ncnc(C23CC4CC(CC(C4)C2)C3)n1. The molecular weight excluding hydrogens is 212 g/mol. The van der Waals surface area contributed by atoms with Gasteiger partial charge in [0, 0.05) is 5.41 Å². The second-order valence-electron chi connectivity index (χ2n) is 6.37. The lowest BCUT2D eigenvalue weighted by Crippen LogP contribution is -2.49. The van der Waals surface area contributed by atoms with Crippen molar-refractivity contribution in [1.82, 2.24) is 15.0 Å². The molecule has 17 heavy (non-hydrogen) atoms. The Balaban J connectivity index is 1.77. The zero-order valence-corrected chi connectivity index (χ0v) is 9.97. The largest absolute Gasteiger partial charge is 0.368 e. The van der Waals surface area contributed by atoms with Crippen LogP contribution in [0.25, 0.3) is 0 Å². The molecule has 0 atom stereocenters. The first-order chi connectivity index (χ1) is 8.23. The second kappa shape index (κ2) is 3.18. The molecule has 0 amide bonds. The van der Waals surface area contributed by atoms with Crippen LogP contribution >= 0.6 is 0 Å². The van der Waals surface area contributed by atoms with Crippen molar-refractivity contribution in [2.24, 2.45) is 17.8 Å². The highest BCUT2D eigenvalue weighted by Gasteiger charge is 2.53. The zero-order valence-electron chi connectivity index (χ0n) is 9.97. The third kappa shape index (κ3) is 1.39. The molecule has 4 bridgehead atoms. The Kier molecular flexibility index (Phi) is 1.83. The Morgan fingerprint density at radius 1 is 1.00 bits per heavy atom. The molecule has 4 aliphatic carbocycles. The number of hydrogen-bond donors (Lipinski definition) is 1. The van der Waals surface area contributed by atoms with Crippen LogP contribution < -0.4 is 5.73 Å². The standard InChI is InChI=1S/C13H18N4/c14-12-16-7-15-11(17-12)13-4-8-1-9(5-13)3-10(2-8)6-13/h7-10H,1-6H2,(H2,14,15,16,17). The topological polar surface area (TPSA) is 64.7 Å². The first kappa shape index (κ1) is 9.80. The molecule has 0 aromatic carbocycles. The predicted molar refractivity (Wildman–Crippen MR) is 64.1 cm³/mol. The number of aromatic nitrogens is 3. The average molecular weight is 230 g/mol. The van der Waals surface area contributed by atoms with Crippen LogP contribution in [0.2, 0.25) is 0 Å². The summed E-state index contributed by atoms with van der Waals surface area (Å²) in [5.74, 6) is 4.10. The van der Waals surface area contributed by atoms with Crippen molar-refractivity contribution in [3.8, 4) is 0 Å². The van der Waals surface area contributed by atoms with Crippen molar-refractivity contribution in [3.63, 3.8) is 0 Å². The highest BCUT2D eigenvalue weighted by atomic mass is 15.1. The summed E-state index contributed by atoms with van der Waals surface area (Å²) < 4.78 is 0. The summed E-state index contributed by atoms with van der Waals surface area (Å²) in [6.45, 7) is 0. The van der Waals surface area contributed by atoms with Crippen molar-refractivity contribution in [1.29, 1.82) is 0 Å². The normalized spacial score (nSPS) is 42.9. The Hall–Kier alpha value is -1.19. The maximum Gasteiger partial charge on any atom is 0.223 e. The van der Waals surface area contributed by atoms with Crippen LogP contribution in [0.5, 0.6) is 0 Å². The molecule has 4 nitrogen and oxygen atoms in total. The quantitative estimate of drug-likeness (QED) is 0.800. The van der Waals surface area contributed by atoms with Crippen LogP contribution in [0.15, 0.2) is 6.33 Å². The summed E-state index contributed by atoms with van der Waals surface area (Å²) in [7, 11) is 0. The number of hydrogen-bond acceptors (Lipinski definition) is 4. The zero-order chi connectivity index (χ0) is 11.5. The van der Waals surface area contributed by atoms with E-state index in [2.05, 4.69) is 15.0 Å². The molecule has 0 saturated heterocycles. The summed E-state index contributed by atoms with van der Waals surface area (Å²) in [6.07, 6.45) is 9.75. The number of nitrogen functional groups attached to an aromatic ring is 1. The third-order valence-electron chi connectivity index (χ3n) is 5.10. The van der Waals surface area contributed by atoms with Crippen molar-refractivity contribution in [2.45, 2.75) is 43.9 Å². The number of anilines is 1. The summed E-state index contributed by atoms with van der Waals surface area (Å²) in [6, 6.07) is 0. The molecule has 0 spiro atoms. The van der Waals surface area contributed by atoms with Gasteiger partial charge in [-0.3, -0.25) is 0 Å². The maximum absolute atomic E-state index is 5.72. The fourth-order valence-corrected chi connectivity index (χ4v) is 4.95. The van der Waals surface area contributed by atoms with Crippen molar-refractivity contribution in [3.05, 3.63) is 12.2 Å². The summed E-state index contributed by atoms with van der Waals surface area (Å²) in [5, 5.41) is 0. The van der Waals surface area contributed by atoms with Crippen LogP contribution in [-0.4, -0.2) is 15.0 Å². The minimum absolute atomic E-state index is 0.242. The third-order valence-corrected chi connectivity index (χ3v) is 5.10. The molecule has 4 aliphatic rings. The lowest BCUT2D eigenvalue weighted by atomic mass is 9.49. The highest BCUT2D eigenvalue weighted by molar-refractivity contribution is 5.21. The van der Waals surface area contributed by atoms with E-state index in [-0.39, 0.29) is 5.41 Å². The molecule has 1 aromatic rings. The van der Waals surface area contributed by atoms with Crippen LogP contribution in [0, 0.1) is 17.8 Å². The number of nitrogens with zero attached hydrogens (tertiary/aromatic N) is 3. The second-order valence-corrected chi connectivity index (χ2v) is 6.37. The molecule has 4 fully saturated rings. The van der Waals surface area contributed by atoms with Gasteiger partial charge in [-0.05, 0) is 56.3 Å². The Labute approximate surface area is 101 Å². The van der Waals surface area contributed by atoms with Crippen LogP contribution in [0.3, 0.4) is 0 Å².